The molecule has 0 bridgehead atoms. The summed E-state index contributed by atoms with van der Waals surface area (Å²) in [4.78, 5) is 35.5. The molecule has 0 radical (unpaired) electrons. The highest BCUT2D eigenvalue weighted by Crippen LogP contribution is 2.43. The van der Waals surface area contributed by atoms with Gasteiger partial charge in [0.2, 0.25) is 5.91 Å². The number of hydrogen-bond acceptors (Lipinski definition) is 5. The van der Waals surface area contributed by atoms with Crippen molar-refractivity contribution in [2.24, 2.45) is 5.41 Å². The van der Waals surface area contributed by atoms with Crippen LogP contribution in [0.15, 0.2) is 18.5 Å². The molecule has 0 aromatic carbocycles. The van der Waals surface area contributed by atoms with Gasteiger partial charge in [-0.2, -0.15) is 0 Å². The molecule has 1 aromatic rings. The van der Waals surface area contributed by atoms with Gasteiger partial charge in [-0.05, 0) is 43.8 Å². The Morgan fingerprint density at radius 2 is 1.96 bits per heavy atom. The van der Waals surface area contributed by atoms with Gasteiger partial charge in [-0.15, -0.1) is 0 Å². The van der Waals surface area contributed by atoms with Crippen LogP contribution in [0.3, 0.4) is 0 Å². The van der Waals surface area contributed by atoms with Gasteiger partial charge >= 0.3 is 5.97 Å². The number of likely N-dealkylation sites (tertiary alicyclic amines) is 2. The summed E-state index contributed by atoms with van der Waals surface area (Å²) in [5.41, 5.74) is -0.0528. The highest BCUT2D eigenvalue weighted by molar-refractivity contribution is 5.83. The lowest BCUT2D eigenvalue weighted by molar-refractivity contribution is -0.147. The largest absolute Gasteiger partial charge is 0.480 e. The van der Waals surface area contributed by atoms with E-state index in [4.69, 9.17) is 0 Å². The van der Waals surface area contributed by atoms with Gasteiger partial charge in [-0.25, -0.2) is 14.8 Å². The molecule has 7 nitrogen and oxygen atoms in total. The minimum Gasteiger partial charge on any atom is -0.480 e. The van der Waals surface area contributed by atoms with Crippen LogP contribution >= 0.6 is 0 Å². The lowest BCUT2D eigenvalue weighted by Crippen LogP contribution is -2.42. The van der Waals surface area contributed by atoms with Gasteiger partial charge in [0.1, 0.15) is 11.9 Å². The zero-order valence-electron chi connectivity index (χ0n) is 13.3. The summed E-state index contributed by atoms with van der Waals surface area (Å²) in [6.07, 6.45) is 5.87. The summed E-state index contributed by atoms with van der Waals surface area (Å²) in [6, 6.07) is 1.13. The molecule has 2 saturated heterocycles. The quantitative estimate of drug-likeness (QED) is 0.885. The van der Waals surface area contributed by atoms with Crippen molar-refractivity contribution in [2.75, 3.05) is 19.6 Å². The van der Waals surface area contributed by atoms with Crippen LogP contribution in [0.1, 0.15) is 32.0 Å². The second-order valence-electron chi connectivity index (χ2n) is 6.65. The number of carboxylic acids is 1. The molecular weight excluding hydrogens is 296 g/mol. The van der Waals surface area contributed by atoms with Crippen LogP contribution in [-0.2, 0) is 16.1 Å². The molecule has 3 rings (SSSR count). The zero-order chi connectivity index (χ0) is 16.4. The molecule has 2 fully saturated rings. The van der Waals surface area contributed by atoms with Crippen molar-refractivity contribution in [3.63, 3.8) is 0 Å². The van der Waals surface area contributed by atoms with E-state index in [-0.39, 0.29) is 11.3 Å². The summed E-state index contributed by atoms with van der Waals surface area (Å²) in [5.74, 6) is -0.227. The van der Waals surface area contributed by atoms with Gasteiger partial charge < -0.3 is 10.0 Å². The number of carbonyl (C=O) groups excluding carboxylic acids is 1. The molecule has 2 aliphatic rings. The third kappa shape index (κ3) is 3.34. The maximum absolute atomic E-state index is 11.7. The Labute approximate surface area is 135 Å². The summed E-state index contributed by atoms with van der Waals surface area (Å²) in [7, 11) is 0. The van der Waals surface area contributed by atoms with Gasteiger partial charge in [-0.1, -0.05) is 0 Å². The number of rotatable bonds is 3. The predicted molar refractivity (Wildman–Crippen MR) is 82.4 cm³/mol. The Hall–Kier alpha value is -2.02. The summed E-state index contributed by atoms with van der Waals surface area (Å²) >= 11 is 0. The normalized spacial score (nSPS) is 24.0. The Morgan fingerprint density at radius 3 is 2.48 bits per heavy atom. The number of carbonyl (C=O) groups is 2. The maximum atomic E-state index is 11.7. The van der Waals surface area contributed by atoms with Crippen LogP contribution in [0.4, 0.5) is 0 Å². The highest BCUT2D eigenvalue weighted by Gasteiger charge is 2.49. The molecule has 1 atom stereocenters. The van der Waals surface area contributed by atoms with E-state index in [2.05, 4.69) is 14.9 Å². The number of nitrogens with zero attached hydrogens (tertiary/aromatic N) is 4. The van der Waals surface area contributed by atoms with Crippen LogP contribution < -0.4 is 0 Å². The molecule has 1 aromatic heterocycles. The van der Waals surface area contributed by atoms with E-state index in [1.165, 1.54) is 11.8 Å². The lowest BCUT2D eigenvalue weighted by Gasteiger charge is -2.38. The van der Waals surface area contributed by atoms with E-state index < -0.39 is 12.0 Å². The summed E-state index contributed by atoms with van der Waals surface area (Å²) in [5, 5.41) is 9.37. The fourth-order valence-electron chi connectivity index (χ4n) is 3.77. The van der Waals surface area contributed by atoms with Crippen LogP contribution in [0.2, 0.25) is 0 Å². The van der Waals surface area contributed by atoms with Crippen molar-refractivity contribution in [3.8, 4) is 0 Å². The Bertz CT molecular complexity index is 560. The third-order valence-electron chi connectivity index (χ3n) is 5.10. The first-order valence-electron chi connectivity index (χ1n) is 7.97. The molecule has 1 amide bonds. The van der Waals surface area contributed by atoms with Crippen molar-refractivity contribution in [1.29, 1.82) is 0 Å². The molecule has 1 N–H and O–H groups in total. The van der Waals surface area contributed by atoms with Crippen LogP contribution in [0.25, 0.3) is 0 Å². The average molecular weight is 318 g/mol. The van der Waals surface area contributed by atoms with E-state index in [9.17, 15) is 14.7 Å². The maximum Gasteiger partial charge on any atom is 0.326 e. The third-order valence-corrected chi connectivity index (χ3v) is 5.10. The standard InChI is InChI=1S/C16H22N4O3/c1-12(21)20-11-16(9-13(20)15(22)23)3-7-19(8-4-16)10-14-17-5-2-6-18-14/h2,5-6,13H,3-4,7-11H2,1H3,(H,22,23)/t13-/m0/s1. The SMILES string of the molecule is CC(=O)N1CC2(CCN(Cc3ncccn3)CC2)C[C@H]1C(=O)O. The molecule has 0 aliphatic carbocycles. The van der Waals surface area contributed by atoms with Gasteiger partial charge in [-0.3, -0.25) is 9.69 Å². The number of amides is 1. The molecule has 1 spiro atoms. The van der Waals surface area contributed by atoms with Crippen molar-refractivity contribution in [3.05, 3.63) is 24.3 Å². The van der Waals surface area contributed by atoms with Crippen LogP contribution in [-0.4, -0.2) is 62.4 Å². The number of piperidine rings is 1. The van der Waals surface area contributed by atoms with Crippen molar-refractivity contribution >= 4 is 11.9 Å². The van der Waals surface area contributed by atoms with Crippen molar-refractivity contribution in [2.45, 2.75) is 38.8 Å². The molecule has 7 heteroatoms. The van der Waals surface area contributed by atoms with Gasteiger partial charge in [0, 0.05) is 25.9 Å². The fraction of sp³-hybridized carbons (Fsp3) is 0.625. The first-order chi connectivity index (χ1) is 11.0. The molecule has 2 aliphatic heterocycles. The number of carboxylic acid groups (broad SMARTS) is 1. The van der Waals surface area contributed by atoms with E-state index in [1.807, 2.05) is 0 Å². The van der Waals surface area contributed by atoms with Crippen LogP contribution in [0.5, 0.6) is 0 Å². The molecule has 3 heterocycles. The summed E-state index contributed by atoms with van der Waals surface area (Å²) in [6.45, 7) is 4.51. The van der Waals surface area contributed by atoms with E-state index in [1.54, 1.807) is 18.5 Å². The number of aliphatic carboxylic acids is 1. The Balaban J connectivity index is 1.62. The lowest BCUT2D eigenvalue weighted by atomic mass is 9.76. The second-order valence-corrected chi connectivity index (χ2v) is 6.65. The molecule has 23 heavy (non-hydrogen) atoms. The molecular formula is C16H22N4O3. The van der Waals surface area contributed by atoms with E-state index >= 15 is 0 Å². The first kappa shape index (κ1) is 15.9. The minimum atomic E-state index is -0.891. The fourth-order valence-corrected chi connectivity index (χ4v) is 3.77. The van der Waals surface area contributed by atoms with Crippen molar-refractivity contribution in [1.82, 2.24) is 19.8 Å². The average Bonchev–Trinajstić information content (AvgIpc) is 2.91. The van der Waals surface area contributed by atoms with E-state index in [0.29, 0.717) is 13.0 Å². The van der Waals surface area contributed by atoms with Gasteiger partial charge in [0.25, 0.3) is 0 Å². The van der Waals surface area contributed by atoms with Gasteiger partial charge in [0.15, 0.2) is 0 Å². The second kappa shape index (κ2) is 6.23. The van der Waals surface area contributed by atoms with Crippen LogP contribution in [0, 0.1) is 5.41 Å². The zero-order valence-corrected chi connectivity index (χ0v) is 13.3. The predicted octanol–water partition coefficient (Wildman–Crippen LogP) is 0.764. The number of hydrogen-bond donors (Lipinski definition) is 1. The molecule has 124 valence electrons. The number of aromatic nitrogens is 2. The molecule has 0 saturated carbocycles. The highest BCUT2D eigenvalue weighted by atomic mass is 16.4. The van der Waals surface area contributed by atoms with Crippen molar-refractivity contribution < 1.29 is 14.7 Å². The Morgan fingerprint density at radius 1 is 1.30 bits per heavy atom. The summed E-state index contributed by atoms with van der Waals surface area (Å²) < 4.78 is 0. The molecule has 0 unspecified atom stereocenters. The first-order valence-corrected chi connectivity index (χ1v) is 7.97. The topological polar surface area (TPSA) is 86.6 Å². The Kier molecular flexibility index (Phi) is 4.30. The van der Waals surface area contributed by atoms with E-state index in [0.717, 1.165) is 38.3 Å². The minimum absolute atomic E-state index is 0.0528. The smallest absolute Gasteiger partial charge is 0.326 e. The monoisotopic (exact) mass is 318 g/mol. The van der Waals surface area contributed by atoms with Gasteiger partial charge in [0.05, 0.1) is 6.54 Å².